The smallest absolute Gasteiger partial charge is 0.270 e. The molecule has 2 rings (SSSR count). The van der Waals surface area contributed by atoms with Crippen molar-refractivity contribution in [2.24, 2.45) is 5.73 Å². The number of hydrogen-bond donors (Lipinski definition) is 2. The quantitative estimate of drug-likeness (QED) is 0.537. The molecule has 0 saturated carbocycles. The molecule has 134 valence electrons. The van der Waals surface area contributed by atoms with E-state index in [4.69, 9.17) is 5.73 Å². The summed E-state index contributed by atoms with van der Waals surface area (Å²) in [4.78, 5) is 22.1. The van der Waals surface area contributed by atoms with Gasteiger partial charge in [-0.05, 0) is 18.9 Å². The van der Waals surface area contributed by atoms with Crippen LogP contribution in [-0.2, 0) is 14.8 Å². The molecule has 1 aromatic rings. The van der Waals surface area contributed by atoms with Crippen LogP contribution in [-0.4, -0.2) is 49.2 Å². The van der Waals surface area contributed by atoms with Crippen molar-refractivity contribution in [2.45, 2.75) is 23.8 Å². The first-order chi connectivity index (χ1) is 10.9. The minimum Gasteiger partial charge on any atom is -0.353 e. The normalized spacial score (nSPS) is 18.0. The lowest BCUT2D eigenvalue weighted by atomic mass is 10.2. The number of nitro benzene ring substituents is 1. The molecule has 1 aliphatic rings. The maximum atomic E-state index is 12.7. The lowest BCUT2D eigenvalue weighted by molar-refractivity contribution is -0.385. The molecule has 0 aromatic heterocycles. The van der Waals surface area contributed by atoms with Gasteiger partial charge in [0.05, 0.1) is 9.82 Å². The van der Waals surface area contributed by atoms with E-state index in [0.29, 0.717) is 12.8 Å². The van der Waals surface area contributed by atoms with Crippen LogP contribution in [0.15, 0.2) is 29.2 Å². The van der Waals surface area contributed by atoms with Crippen LogP contribution in [0.4, 0.5) is 5.69 Å². The van der Waals surface area contributed by atoms with Crippen LogP contribution >= 0.6 is 12.4 Å². The predicted molar refractivity (Wildman–Crippen MR) is 89.3 cm³/mol. The zero-order valence-corrected chi connectivity index (χ0v) is 14.4. The highest BCUT2D eigenvalue weighted by Gasteiger charge is 2.39. The molecule has 1 heterocycles. The molecule has 1 amide bonds. The van der Waals surface area contributed by atoms with Crippen molar-refractivity contribution in [3.05, 3.63) is 34.4 Å². The summed E-state index contributed by atoms with van der Waals surface area (Å²) in [5, 5.41) is 13.4. The van der Waals surface area contributed by atoms with Crippen LogP contribution in [0.1, 0.15) is 12.8 Å². The zero-order valence-electron chi connectivity index (χ0n) is 12.8. The third-order valence-corrected chi connectivity index (χ3v) is 5.49. The van der Waals surface area contributed by atoms with Gasteiger partial charge in [-0.25, -0.2) is 8.42 Å². The van der Waals surface area contributed by atoms with Gasteiger partial charge in [0.15, 0.2) is 0 Å². The molecule has 3 N–H and O–H groups in total. The van der Waals surface area contributed by atoms with Crippen LogP contribution in [0.3, 0.4) is 0 Å². The van der Waals surface area contributed by atoms with E-state index in [9.17, 15) is 23.3 Å². The van der Waals surface area contributed by atoms with Gasteiger partial charge in [0, 0.05) is 31.8 Å². The summed E-state index contributed by atoms with van der Waals surface area (Å²) in [6.45, 7) is 0.724. The second-order valence-electron chi connectivity index (χ2n) is 5.11. The lowest BCUT2D eigenvalue weighted by Gasteiger charge is -2.23. The lowest BCUT2D eigenvalue weighted by Crippen LogP contribution is -2.46. The van der Waals surface area contributed by atoms with Gasteiger partial charge < -0.3 is 11.1 Å². The molecule has 11 heteroatoms. The zero-order chi connectivity index (χ0) is 17.0. The van der Waals surface area contributed by atoms with Crippen LogP contribution in [0.25, 0.3) is 0 Å². The number of halogens is 1. The number of benzene rings is 1. The van der Waals surface area contributed by atoms with Crippen LogP contribution < -0.4 is 11.1 Å². The fourth-order valence-electron chi connectivity index (χ4n) is 2.50. The van der Waals surface area contributed by atoms with E-state index >= 15 is 0 Å². The number of nitrogens with one attached hydrogen (secondary N) is 1. The second kappa shape index (κ2) is 8.38. The van der Waals surface area contributed by atoms with Gasteiger partial charge in [0.2, 0.25) is 15.9 Å². The number of nitrogens with two attached hydrogens (primary N) is 1. The summed E-state index contributed by atoms with van der Waals surface area (Å²) in [5.41, 5.74) is 5.01. The maximum Gasteiger partial charge on any atom is 0.270 e. The Hall–Kier alpha value is -1.75. The Bertz CT molecular complexity index is 712. The molecule has 1 aliphatic heterocycles. The number of carbonyl (C=O) groups is 1. The highest BCUT2D eigenvalue weighted by Crippen LogP contribution is 2.27. The highest BCUT2D eigenvalue weighted by molar-refractivity contribution is 7.89. The highest BCUT2D eigenvalue weighted by atomic mass is 35.5. The topological polar surface area (TPSA) is 136 Å². The van der Waals surface area contributed by atoms with Gasteiger partial charge in [-0.1, -0.05) is 6.07 Å². The first-order valence-corrected chi connectivity index (χ1v) is 8.56. The minimum atomic E-state index is -3.98. The number of nitro groups is 1. The third kappa shape index (κ3) is 4.20. The van der Waals surface area contributed by atoms with Crippen LogP contribution in [0.5, 0.6) is 0 Å². The van der Waals surface area contributed by atoms with E-state index in [1.165, 1.54) is 18.2 Å². The Labute approximate surface area is 145 Å². The molecule has 1 unspecified atom stereocenters. The van der Waals surface area contributed by atoms with Gasteiger partial charge in [-0.15, -0.1) is 12.4 Å². The van der Waals surface area contributed by atoms with Crippen molar-refractivity contribution in [3.63, 3.8) is 0 Å². The fraction of sp³-hybridized carbons (Fsp3) is 0.462. The number of sulfonamides is 1. The molecule has 0 aliphatic carbocycles. The van der Waals surface area contributed by atoms with Gasteiger partial charge in [-0.3, -0.25) is 14.9 Å². The Kier molecular flexibility index (Phi) is 7.08. The average Bonchev–Trinajstić information content (AvgIpc) is 3.03. The van der Waals surface area contributed by atoms with Gasteiger partial charge >= 0.3 is 0 Å². The van der Waals surface area contributed by atoms with E-state index in [2.05, 4.69) is 5.32 Å². The van der Waals surface area contributed by atoms with Crippen molar-refractivity contribution in [3.8, 4) is 0 Å². The Morgan fingerprint density at radius 2 is 2.17 bits per heavy atom. The van der Waals surface area contributed by atoms with Crippen molar-refractivity contribution < 1.29 is 18.1 Å². The minimum absolute atomic E-state index is 0. The summed E-state index contributed by atoms with van der Waals surface area (Å²) in [6, 6.07) is 4.00. The molecular weight excluding hydrogens is 360 g/mol. The van der Waals surface area contributed by atoms with Crippen molar-refractivity contribution in [2.75, 3.05) is 19.6 Å². The van der Waals surface area contributed by atoms with Crippen molar-refractivity contribution in [1.82, 2.24) is 9.62 Å². The molecular formula is C13H19ClN4O5S. The number of hydrogen-bond acceptors (Lipinski definition) is 6. The third-order valence-electron chi connectivity index (χ3n) is 3.58. The summed E-state index contributed by atoms with van der Waals surface area (Å²) in [7, 11) is -3.98. The van der Waals surface area contributed by atoms with Crippen LogP contribution in [0.2, 0.25) is 0 Å². The molecule has 24 heavy (non-hydrogen) atoms. The van der Waals surface area contributed by atoms with E-state index in [-0.39, 0.29) is 42.6 Å². The van der Waals surface area contributed by atoms with E-state index in [0.717, 1.165) is 10.4 Å². The Balaban J connectivity index is 0.00000288. The van der Waals surface area contributed by atoms with E-state index in [1.807, 2.05) is 0 Å². The van der Waals surface area contributed by atoms with Gasteiger partial charge in [-0.2, -0.15) is 4.31 Å². The molecule has 1 fully saturated rings. The molecule has 0 bridgehead atoms. The van der Waals surface area contributed by atoms with E-state index in [1.54, 1.807) is 0 Å². The number of carbonyl (C=O) groups excluding carboxylic acids is 1. The monoisotopic (exact) mass is 378 g/mol. The number of non-ortho nitro benzene ring substituents is 1. The Morgan fingerprint density at radius 3 is 2.79 bits per heavy atom. The number of amides is 1. The first-order valence-electron chi connectivity index (χ1n) is 7.12. The van der Waals surface area contributed by atoms with Crippen LogP contribution in [0, 0.1) is 10.1 Å². The predicted octanol–water partition coefficient (Wildman–Crippen LogP) is 0.245. The van der Waals surface area contributed by atoms with Gasteiger partial charge in [0.1, 0.15) is 6.04 Å². The standard InChI is InChI=1S/C13H18N4O5S.ClH/c14-6-7-15-13(18)12-5-2-8-16(12)23(21,22)11-4-1-3-10(9-11)17(19)20;/h1,3-4,9,12H,2,5-8,14H2,(H,15,18);1H. The Morgan fingerprint density at radius 1 is 1.46 bits per heavy atom. The summed E-state index contributed by atoms with van der Waals surface area (Å²) in [5.74, 6) is -0.401. The largest absolute Gasteiger partial charge is 0.353 e. The average molecular weight is 379 g/mol. The molecule has 1 aromatic carbocycles. The molecule has 1 saturated heterocycles. The number of rotatable bonds is 6. The summed E-state index contributed by atoms with van der Waals surface area (Å²) < 4.78 is 26.5. The summed E-state index contributed by atoms with van der Waals surface area (Å²) >= 11 is 0. The summed E-state index contributed by atoms with van der Waals surface area (Å²) in [6.07, 6.45) is 0.958. The van der Waals surface area contributed by atoms with Crippen molar-refractivity contribution in [1.29, 1.82) is 0 Å². The van der Waals surface area contributed by atoms with E-state index < -0.39 is 26.9 Å². The molecule has 9 nitrogen and oxygen atoms in total. The number of nitrogens with zero attached hydrogens (tertiary/aromatic N) is 2. The maximum absolute atomic E-state index is 12.7. The SMILES string of the molecule is Cl.NCCNC(=O)C1CCCN1S(=O)(=O)c1cccc([N+](=O)[O-])c1. The van der Waals surface area contributed by atoms with Gasteiger partial charge in [0.25, 0.3) is 5.69 Å². The fourth-order valence-corrected chi connectivity index (χ4v) is 4.19. The molecule has 1 atom stereocenters. The molecule has 0 spiro atoms. The second-order valence-corrected chi connectivity index (χ2v) is 7.00. The van der Waals surface area contributed by atoms with Crippen molar-refractivity contribution >= 4 is 34.0 Å². The first kappa shape index (κ1) is 20.3. The molecule has 0 radical (unpaired) electrons.